The number of hydrogen-bond acceptors (Lipinski definition) is 4. The second kappa shape index (κ2) is 9.02. The van der Waals surface area contributed by atoms with E-state index in [2.05, 4.69) is 10.3 Å². The van der Waals surface area contributed by atoms with Gasteiger partial charge in [-0.1, -0.05) is 40.9 Å². The summed E-state index contributed by atoms with van der Waals surface area (Å²) in [5, 5.41) is 4.20. The first kappa shape index (κ1) is 21.2. The highest BCUT2D eigenvalue weighted by atomic mass is 35.5. The second-order valence-corrected chi connectivity index (χ2v) is 7.82. The highest BCUT2D eigenvalue weighted by molar-refractivity contribution is 6.36. The number of aromatic nitrogens is 1. The number of nitrogens with zero attached hydrogens (tertiary/aromatic N) is 1. The first-order chi connectivity index (χ1) is 14.9. The van der Waals surface area contributed by atoms with Crippen molar-refractivity contribution in [3.05, 3.63) is 81.3 Å². The number of carbonyl (C=O) groups excluding carboxylic acids is 1. The van der Waals surface area contributed by atoms with Crippen LogP contribution in [-0.4, -0.2) is 18.0 Å². The molecule has 8 heteroatoms. The van der Waals surface area contributed by atoms with Gasteiger partial charge in [0.1, 0.15) is 11.3 Å². The number of rotatable bonds is 5. The fourth-order valence-electron chi connectivity index (χ4n) is 3.02. The average molecular weight is 474 g/mol. The predicted molar refractivity (Wildman–Crippen MR) is 125 cm³/mol. The number of anilines is 1. The molecule has 3 aromatic carbocycles. The van der Waals surface area contributed by atoms with Crippen molar-refractivity contribution in [2.24, 2.45) is 0 Å². The van der Waals surface area contributed by atoms with Crippen LogP contribution in [0.15, 0.2) is 65.1 Å². The smallest absolute Gasteiger partial charge is 0.248 e. The molecule has 0 aliphatic rings. The molecule has 4 rings (SSSR count). The monoisotopic (exact) mass is 472 g/mol. The molecular formula is C23H15Cl3N2O3. The van der Waals surface area contributed by atoms with Crippen molar-refractivity contribution in [1.82, 2.24) is 4.98 Å². The van der Waals surface area contributed by atoms with Crippen LogP contribution in [0.1, 0.15) is 5.56 Å². The van der Waals surface area contributed by atoms with Gasteiger partial charge in [-0.3, -0.25) is 4.79 Å². The van der Waals surface area contributed by atoms with Crippen molar-refractivity contribution in [3.63, 3.8) is 0 Å². The van der Waals surface area contributed by atoms with Crippen LogP contribution in [0.4, 0.5) is 5.69 Å². The molecule has 1 amide bonds. The Labute approximate surface area is 193 Å². The van der Waals surface area contributed by atoms with Gasteiger partial charge in [0.05, 0.1) is 12.1 Å². The van der Waals surface area contributed by atoms with Gasteiger partial charge in [0.2, 0.25) is 11.8 Å². The molecule has 0 radical (unpaired) electrons. The molecule has 0 fully saturated rings. The van der Waals surface area contributed by atoms with E-state index in [1.807, 2.05) is 6.07 Å². The van der Waals surface area contributed by atoms with E-state index in [0.717, 1.165) is 5.56 Å². The summed E-state index contributed by atoms with van der Waals surface area (Å²) in [7, 11) is 1.50. The van der Waals surface area contributed by atoms with E-state index in [9.17, 15) is 4.79 Å². The molecular weight excluding hydrogens is 459 g/mol. The van der Waals surface area contributed by atoms with Crippen molar-refractivity contribution in [3.8, 4) is 17.2 Å². The number of halogens is 3. The fraction of sp³-hybridized carbons (Fsp3) is 0.0435. The van der Waals surface area contributed by atoms with E-state index >= 15 is 0 Å². The number of ether oxygens (including phenoxy) is 1. The molecule has 0 spiro atoms. The van der Waals surface area contributed by atoms with Crippen molar-refractivity contribution in [2.75, 3.05) is 12.4 Å². The lowest BCUT2D eigenvalue weighted by Gasteiger charge is -2.08. The zero-order chi connectivity index (χ0) is 22.0. The number of benzene rings is 3. The molecule has 0 saturated heterocycles. The SMILES string of the molecule is COc1c(Cl)cc(Cl)cc1C=CC(=O)Nc1cccc(-c2nc3cc(Cl)ccc3o2)c1. The minimum atomic E-state index is -0.334. The third-order valence-electron chi connectivity index (χ3n) is 4.38. The zero-order valence-electron chi connectivity index (χ0n) is 16.2. The summed E-state index contributed by atoms with van der Waals surface area (Å²) >= 11 is 18.2. The Morgan fingerprint density at radius 2 is 1.90 bits per heavy atom. The van der Waals surface area contributed by atoms with Crippen molar-refractivity contribution in [2.45, 2.75) is 0 Å². The zero-order valence-corrected chi connectivity index (χ0v) is 18.4. The molecule has 5 nitrogen and oxygen atoms in total. The number of methoxy groups -OCH3 is 1. The number of hydrogen-bond donors (Lipinski definition) is 1. The first-order valence-corrected chi connectivity index (χ1v) is 10.2. The average Bonchev–Trinajstić information content (AvgIpc) is 3.15. The number of fused-ring (bicyclic) bond motifs is 1. The topological polar surface area (TPSA) is 64.4 Å². The largest absolute Gasteiger partial charge is 0.495 e. The van der Waals surface area contributed by atoms with E-state index in [0.29, 0.717) is 49.1 Å². The van der Waals surface area contributed by atoms with Crippen LogP contribution in [0.25, 0.3) is 28.6 Å². The van der Waals surface area contributed by atoms with E-state index in [4.69, 9.17) is 44.0 Å². The molecule has 0 unspecified atom stereocenters. The van der Waals surface area contributed by atoms with Crippen LogP contribution in [0.2, 0.25) is 15.1 Å². The Morgan fingerprint density at radius 1 is 1.06 bits per heavy atom. The molecule has 0 atom stereocenters. The van der Waals surface area contributed by atoms with E-state index in [1.54, 1.807) is 54.6 Å². The Hall–Kier alpha value is -2.99. The lowest BCUT2D eigenvalue weighted by molar-refractivity contribution is -0.111. The molecule has 4 aromatic rings. The summed E-state index contributed by atoms with van der Waals surface area (Å²) in [5.41, 5.74) is 3.19. The molecule has 31 heavy (non-hydrogen) atoms. The minimum Gasteiger partial charge on any atom is -0.495 e. The third-order valence-corrected chi connectivity index (χ3v) is 5.12. The van der Waals surface area contributed by atoms with Gasteiger partial charge >= 0.3 is 0 Å². The number of oxazole rings is 1. The molecule has 0 aliphatic carbocycles. The highest BCUT2D eigenvalue weighted by Gasteiger charge is 2.11. The van der Waals surface area contributed by atoms with Gasteiger partial charge in [0.25, 0.3) is 0 Å². The van der Waals surface area contributed by atoms with Crippen LogP contribution in [0, 0.1) is 0 Å². The number of nitrogens with one attached hydrogen (secondary N) is 1. The van der Waals surface area contributed by atoms with Gasteiger partial charge in [-0.25, -0.2) is 4.98 Å². The molecule has 0 aliphatic heterocycles. The van der Waals surface area contributed by atoms with Crippen LogP contribution in [-0.2, 0) is 4.79 Å². The van der Waals surface area contributed by atoms with Gasteiger partial charge in [-0.15, -0.1) is 0 Å². The minimum absolute atomic E-state index is 0.334. The fourth-order valence-corrected chi connectivity index (χ4v) is 3.78. The van der Waals surface area contributed by atoms with Gasteiger partial charge < -0.3 is 14.5 Å². The number of amides is 1. The summed E-state index contributed by atoms with van der Waals surface area (Å²) in [5.74, 6) is 0.537. The summed E-state index contributed by atoms with van der Waals surface area (Å²) in [6, 6.07) is 15.7. The Morgan fingerprint density at radius 3 is 2.71 bits per heavy atom. The molecule has 1 heterocycles. The molecule has 1 aromatic heterocycles. The number of carbonyl (C=O) groups is 1. The maximum atomic E-state index is 12.4. The van der Waals surface area contributed by atoms with Crippen LogP contribution in [0.5, 0.6) is 5.75 Å². The Bertz CT molecular complexity index is 1310. The highest BCUT2D eigenvalue weighted by Crippen LogP contribution is 2.33. The molecule has 156 valence electrons. The van der Waals surface area contributed by atoms with Gasteiger partial charge in [0, 0.05) is 32.9 Å². The summed E-state index contributed by atoms with van der Waals surface area (Å²) in [6.45, 7) is 0. The van der Waals surface area contributed by atoms with E-state index in [-0.39, 0.29) is 5.91 Å². The molecule has 1 N–H and O–H groups in total. The van der Waals surface area contributed by atoms with E-state index in [1.165, 1.54) is 13.2 Å². The van der Waals surface area contributed by atoms with Crippen LogP contribution >= 0.6 is 34.8 Å². The van der Waals surface area contributed by atoms with Gasteiger partial charge in [-0.05, 0) is 54.6 Å². The maximum Gasteiger partial charge on any atom is 0.248 e. The van der Waals surface area contributed by atoms with Gasteiger partial charge in [0.15, 0.2) is 5.58 Å². The van der Waals surface area contributed by atoms with E-state index < -0.39 is 0 Å². The van der Waals surface area contributed by atoms with Crippen LogP contribution in [0.3, 0.4) is 0 Å². The third kappa shape index (κ3) is 4.85. The standard InChI is InChI=1S/C23H15Cl3N2O3/c1-30-22-13(9-16(25)11-18(22)26)5-8-21(29)27-17-4-2-3-14(10-17)23-28-19-12-15(24)6-7-20(19)31-23/h2-12H,1H3,(H,27,29). The van der Waals surface area contributed by atoms with Gasteiger partial charge in [-0.2, -0.15) is 0 Å². The lowest BCUT2D eigenvalue weighted by atomic mass is 10.1. The Kier molecular flexibility index (Phi) is 6.18. The van der Waals surface area contributed by atoms with Crippen molar-refractivity contribution < 1.29 is 13.9 Å². The second-order valence-electron chi connectivity index (χ2n) is 6.54. The normalized spacial score (nSPS) is 11.2. The van der Waals surface area contributed by atoms with Crippen LogP contribution < -0.4 is 10.1 Å². The predicted octanol–water partition coefficient (Wildman–Crippen LogP) is 7.12. The maximum absolute atomic E-state index is 12.4. The van der Waals surface area contributed by atoms with Crippen molar-refractivity contribution in [1.29, 1.82) is 0 Å². The Balaban J connectivity index is 1.54. The summed E-state index contributed by atoms with van der Waals surface area (Å²) in [6.07, 6.45) is 2.96. The molecule has 0 saturated carbocycles. The molecule has 0 bridgehead atoms. The summed E-state index contributed by atoms with van der Waals surface area (Å²) < 4.78 is 11.1. The quantitative estimate of drug-likeness (QED) is 0.314. The first-order valence-electron chi connectivity index (χ1n) is 9.11. The lowest BCUT2D eigenvalue weighted by Crippen LogP contribution is -2.07. The summed E-state index contributed by atoms with van der Waals surface area (Å²) in [4.78, 5) is 16.9. The van der Waals surface area contributed by atoms with Crippen molar-refractivity contribution >= 4 is 63.6 Å².